The summed E-state index contributed by atoms with van der Waals surface area (Å²) < 4.78 is 26.7. The Kier molecular flexibility index (Phi) is 4.13. The fourth-order valence-electron chi connectivity index (χ4n) is 1.56. The number of benzene rings is 1. The van der Waals surface area contributed by atoms with Gasteiger partial charge in [-0.2, -0.15) is 5.10 Å². The van der Waals surface area contributed by atoms with Gasteiger partial charge in [-0.3, -0.25) is 9.82 Å². The monoisotopic (exact) mass is 349 g/mol. The van der Waals surface area contributed by atoms with Gasteiger partial charge in [-0.1, -0.05) is 23.2 Å². The van der Waals surface area contributed by atoms with Crippen LogP contribution in [0.15, 0.2) is 23.1 Å². The van der Waals surface area contributed by atoms with Gasteiger partial charge >= 0.3 is 5.97 Å². The summed E-state index contributed by atoms with van der Waals surface area (Å²) in [6, 6.07) is 3.44. The van der Waals surface area contributed by atoms with Crippen molar-refractivity contribution < 1.29 is 18.3 Å². The van der Waals surface area contributed by atoms with Gasteiger partial charge in [0.15, 0.2) is 5.82 Å². The lowest BCUT2D eigenvalue weighted by Gasteiger charge is -2.09. The highest BCUT2D eigenvalue weighted by molar-refractivity contribution is 7.92. The molecule has 2 aromatic rings. The van der Waals surface area contributed by atoms with Crippen molar-refractivity contribution in [3.63, 3.8) is 0 Å². The average molecular weight is 350 g/mol. The molecule has 7 nitrogen and oxygen atoms in total. The number of hydrogen-bond donors (Lipinski definition) is 3. The van der Waals surface area contributed by atoms with Gasteiger partial charge in [0.25, 0.3) is 10.0 Å². The van der Waals surface area contributed by atoms with Gasteiger partial charge in [0.05, 0.1) is 15.6 Å². The van der Waals surface area contributed by atoms with Crippen molar-refractivity contribution in [2.75, 3.05) is 4.72 Å². The number of anilines is 1. The molecule has 0 aliphatic heterocycles. The molecule has 0 saturated carbocycles. The van der Waals surface area contributed by atoms with Gasteiger partial charge in [0, 0.05) is 11.8 Å². The van der Waals surface area contributed by atoms with Crippen LogP contribution in [0.4, 0.5) is 5.82 Å². The predicted molar refractivity (Wildman–Crippen MR) is 77.6 cm³/mol. The highest BCUT2D eigenvalue weighted by Crippen LogP contribution is 2.29. The minimum atomic E-state index is -4.09. The van der Waals surface area contributed by atoms with Crippen LogP contribution in [0.25, 0.3) is 0 Å². The molecule has 0 spiro atoms. The fourth-order valence-corrected chi connectivity index (χ4v) is 3.41. The molecule has 0 amide bonds. The van der Waals surface area contributed by atoms with E-state index in [1.54, 1.807) is 6.92 Å². The summed E-state index contributed by atoms with van der Waals surface area (Å²) in [5.74, 6) is -1.29. The number of sulfonamides is 1. The smallest absolute Gasteiger partial charge is 0.337 e. The maximum atomic E-state index is 12.2. The van der Waals surface area contributed by atoms with Crippen molar-refractivity contribution >= 4 is 45.0 Å². The Morgan fingerprint density at radius 2 is 1.95 bits per heavy atom. The third-order valence-corrected chi connectivity index (χ3v) is 4.62. The number of carboxylic acids is 1. The number of nitrogens with one attached hydrogen (secondary N) is 2. The predicted octanol–water partition coefficient (Wildman–Crippen LogP) is 2.52. The molecule has 2 rings (SSSR count). The first-order valence-electron chi connectivity index (χ1n) is 5.48. The molecule has 10 heteroatoms. The number of hydrogen-bond acceptors (Lipinski definition) is 4. The first kappa shape index (κ1) is 15.6. The van der Waals surface area contributed by atoms with E-state index in [1.807, 2.05) is 0 Å². The van der Waals surface area contributed by atoms with Crippen LogP contribution in [0.2, 0.25) is 10.0 Å². The third kappa shape index (κ3) is 3.29. The highest BCUT2D eigenvalue weighted by Gasteiger charge is 2.23. The molecule has 0 saturated heterocycles. The number of halogens is 2. The molecular formula is C11H9Cl2N3O4S. The van der Waals surface area contributed by atoms with Crippen LogP contribution >= 0.6 is 23.2 Å². The summed E-state index contributed by atoms with van der Waals surface area (Å²) in [7, 11) is -4.09. The average Bonchev–Trinajstić information content (AvgIpc) is 2.72. The van der Waals surface area contributed by atoms with E-state index in [2.05, 4.69) is 14.9 Å². The largest absolute Gasteiger partial charge is 0.478 e. The Hall–Kier alpha value is -1.77. The van der Waals surface area contributed by atoms with Crippen LogP contribution in [0.1, 0.15) is 16.1 Å². The Bertz CT molecular complexity index is 817. The van der Waals surface area contributed by atoms with Crippen LogP contribution in [0.3, 0.4) is 0 Å². The molecule has 1 aromatic carbocycles. The molecule has 0 unspecified atom stereocenters. The van der Waals surface area contributed by atoms with Gasteiger partial charge in [0.2, 0.25) is 0 Å². The number of carbonyl (C=O) groups is 1. The summed E-state index contributed by atoms with van der Waals surface area (Å²) in [4.78, 5) is 10.6. The second kappa shape index (κ2) is 5.55. The minimum Gasteiger partial charge on any atom is -0.478 e. The molecule has 0 fully saturated rings. The maximum Gasteiger partial charge on any atom is 0.337 e. The van der Waals surface area contributed by atoms with Crippen LogP contribution in [0.5, 0.6) is 0 Å². The molecule has 0 atom stereocenters. The first-order valence-corrected chi connectivity index (χ1v) is 7.72. The van der Waals surface area contributed by atoms with Crippen LogP contribution < -0.4 is 4.72 Å². The van der Waals surface area contributed by atoms with Gasteiger partial charge in [-0.05, 0) is 19.1 Å². The number of aromatic carboxylic acids is 1. The van der Waals surface area contributed by atoms with Gasteiger partial charge in [-0.15, -0.1) is 0 Å². The second-order valence-electron chi connectivity index (χ2n) is 4.11. The second-order valence-corrected chi connectivity index (χ2v) is 6.57. The van der Waals surface area contributed by atoms with Gasteiger partial charge in [-0.25, -0.2) is 13.2 Å². The van der Waals surface area contributed by atoms with E-state index in [1.165, 1.54) is 6.07 Å². The normalized spacial score (nSPS) is 11.4. The first-order chi connectivity index (χ1) is 9.70. The fraction of sp³-hybridized carbons (Fsp3) is 0.0909. The maximum absolute atomic E-state index is 12.2. The van der Waals surface area contributed by atoms with E-state index in [0.29, 0.717) is 5.69 Å². The third-order valence-electron chi connectivity index (χ3n) is 2.49. The summed E-state index contributed by atoms with van der Waals surface area (Å²) in [5.41, 5.74) is 0.292. The Morgan fingerprint density at radius 1 is 1.29 bits per heavy atom. The Labute approximate surface area is 129 Å². The Balaban J connectivity index is 2.49. The van der Waals surface area contributed by atoms with E-state index in [0.717, 1.165) is 12.1 Å². The minimum absolute atomic E-state index is 0.0652. The summed E-state index contributed by atoms with van der Waals surface area (Å²) in [6.07, 6.45) is 0. The molecular weight excluding hydrogens is 341 g/mol. The molecule has 112 valence electrons. The van der Waals surface area contributed by atoms with Crippen molar-refractivity contribution in [1.29, 1.82) is 0 Å². The zero-order valence-electron chi connectivity index (χ0n) is 10.5. The quantitative estimate of drug-likeness (QED) is 0.784. The van der Waals surface area contributed by atoms with E-state index < -0.39 is 20.9 Å². The van der Waals surface area contributed by atoms with E-state index in [-0.39, 0.29) is 21.4 Å². The summed E-state index contributed by atoms with van der Waals surface area (Å²) >= 11 is 11.5. The molecule has 0 radical (unpaired) electrons. The lowest BCUT2D eigenvalue weighted by Crippen LogP contribution is -2.15. The molecule has 3 N–H and O–H groups in total. The molecule has 1 heterocycles. The zero-order chi connectivity index (χ0) is 15.8. The molecule has 0 aliphatic rings. The molecule has 0 aliphatic carbocycles. The van der Waals surface area contributed by atoms with Crippen LogP contribution in [0, 0.1) is 6.92 Å². The molecule has 1 aromatic heterocycles. The van der Waals surface area contributed by atoms with Crippen molar-refractivity contribution in [1.82, 2.24) is 10.2 Å². The lowest BCUT2D eigenvalue weighted by molar-refractivity contribution is 0.0697. The SMILES string of the molecule is Cc1cc(NS(=O)(=O)c2cc(C(=O)O)c(Cl)cc2Cl)n[nH]1. The van der Waals surface area contributed by atoms with Crippen molar-refractivity contribution in [2.24, 2.45) is 0 Å². The zero-order valence-corrected chi connectivity index (χ0v) is 12.8. The van der Waals surface area contributed by atoms with Crippen molar-refractivity contribution in [3.8, 4) is 0 Å². The topological polar surface area (TPSA) is 112 Å². The van der Waals surface area contributed by atoms with Crippen molar-refractivity contribution in [3.05, 3.63) is 39.5 Å². The number of aromatic nitrogens is 2. The molecule has 0 bridgehead atoms. The lowest BCUT2D eigenvalue weighted by atomic mass is 10.2. The van der Waals surface area contributed by atoms with Crippen LogP contribution in [-0.2, 0) is 10.0 Å². The number of aryl methyl sites for hydroxylation is 1. The summed E-state index contributed by atoms with van der Waals surface area (Å²) in [6.45, 7) is 1.70. The van der Waals surface area contributed by atoms with E-state index in [4.69, 9.17) is 28.3 Å². The number of H-pyrrole nitrogens is 1. The van der Waals surface area contributed by atoms with Gasteiger partial charge in [0.1, 0.15) is 4.90 Å². The number of carboxylic acid groups (broad SMARTS) is 1. The highest BCUT2D eigenvalue weighted by atomic mass is 35.5. The molecule has 21 heavy (non-hydrogen) atoms. The number of rotatable bonds is 4. The van der Waals surface area contributed by atoms with Crippen molar-refractivity contribution in [2.45, 2.75) is 11.8 Å². The Morgan fingerprint density at radius 3 is 2.48 bits per heavy atom. The van der Waals surface area contributed by atoms with E-state index >= 15 is 0 Å². The standard InChI is InChI=1S/C11H9Cl2N3O4S/c1-5-2-10(15-14-5)16-21(19,20)9-3-6(11(17)18)7(12)4-8(9)13/h2-4H,1H3,(H,17,18)(H2,14,15,16). The van der Waals surface area contributed by atoms with Gasteiger partial charge < -0.3 is 5.11 Å². The van der Waals surface area contributed by atoms with Crippen LogP contribution in [-0.4, -0.2) is 29.7 Å². The number of nitrogens with zero attached hydrogens (tertiary/aromatic N) is 1. The summed E-state index contributed by atoms with van der Waals surface area (Å²) in [5, 5.41) is 14.9. The van der Waals surface area contributed by atoms with E-state index in [9.17, 15) is 13.2 Å². The number of aromatic amines is 1.